The van der Waals surface area contributed by atoms with Gasteiger partial charge in [0.25, 0.3) is 0 Å². The van der Waals surface area contributed by atoms with E-state index in [0.29, 0.717) is 0 Å². The Balaban J connectivity index is 1.96. The van der Waals surface area contributed by atoms with Gasteiger partial charge in [-0.25, -0.2) is 0 Å². The topological polar surface area (TPSA) is 37.3 Å². The van der Waals surface area contributed by atoms with E-state index in [4.69, 9.17) is 0 Å². The first-order valence-electron chi connectivity index (χ1n) is 5.71. The molecule has 16 heavy (non-hydrogen) atoms. The van der Waals surface area contributed by atoms with E-state index in [-0.39, 0.29) is 16.5 Å². The smallest absolute Gasteiger partial charge is 0.219 e. The highest BCUT2D eigenvalue weighted by Gasteiger charge is 2.26. The molecule has 0 saturated heterocycles. The van der Waals surface area contributed by atoms with Gasteiger partial charge in [-0.2, -0.15) is 0 Å². The van der Waals surface area contributed by atoms with Crippen molar-refractivity contribution in [1.29, 1.82) is 0 Å². The van der Waals surface area contributed by atoms with Crippen molar-refractivity contribution in [2.24, 2.45) is 0 Å². The average molecular weight is 236 g/mol. The number of rotatable bonds is 2. The lowest BCUT2D eigenvalue weighted by Crippen LogP contribution is -2.28. The number of hydrogen-bond acceptors (Lipinski definition) is 3. The number of carbonyl (C=O) groups excluding carboxylic acids is 1. The van der Waals surface area contributed by atoms with Gasteiger partial charge in [-0.3, -0.25) is 4.79 Å². The van der Waals surface area contributed by atoms with Crippen molar-refractivity contribution in [1.82, 2.24) is 0 Å². The SMILES string of the molecule is O=C(S[C@H]1CCCC[C@@H]1O)c1ccccc1. The van der Waals surface area contributed by atoms with Gasteiger partial charge in [-0.05, 0) is 12.8 Å². The Kier molecular flexibility index (Phi) is 4.02. The molecule has 3 heteroatoms. The van der Waals surface area contributed by atoms with Gasteiger partial charge in [-0.1, -0.05) is 54.9 Å². The third-order valence-electron chi connectivity index (χ3n) is 2.94. The van der Waals surface area contributed by atoms with Crippen molar-refractivity contribution in [3.63, 3.8) is 0 Å². The minimum absolute atomic E-state index is 0.0755. The van der Waals surface area contributed by atoms with Crippen LogP contribution in [0.15, 0.2) is 30.3 Å². The highest BCUT2D eigenvalue weighted by atomic mass is 32.2. The van der Waals surface area contributed by atoms with Crippen molar-refractivity contribution in [2.45, 2.75) is 37.0 Å². The van der Waals surface area contributed by atoms with E-state index in [9.17, 15) is 9.90 Å². The number of carbonyl (C=O) groups is 1. The highest BCUT2D eigenvalue weighted by Crippen LogP contribution is 2.30. The molecule has 1 aromatic rings. The molecule has 2 nitrogen and oxygen atoms in total. The molecule has 0 aliphatic heterocycles. The molecule has 0 unspecified atom stereocenters. The normalized spacial score (nSPS) is 25.3. The molecule has 2 rings (SSSR count). The van der Waals surface area contributed by atoms with Gasteiger partial charge in [0.05, 0.1) is 6.10 Å². The van der Waals surface area contributed by atoms with E-state index in [1.54, 1.807) is 0 Å². The maximum absolute atomic E-state index is 11.9. The molecule has 0 heterocycles. The van der Waals surface area contributed by atoms with Gasteiger partial charge in [0.15, 0.2) is 0 Å². The zero-order chi connectivity index (χ0) is 11.4. The van der Waals surface area contributed by atoms with Crippen LogP contribution in [0, 0.1) is 0 Å². The van der Waals surface area contributed by atoms with Crippen LogP contribution >= 0.6 is 11.8 Å². The number of hydrogen-bond donors (Lipinski definition) is 1. The van der Waals surface area contributed by atoms with Crippen molar-refractivity contribution < 1.29 is 9.90 Å². The molecule has 0 radical (unpaired) electrons. The van der Waals surface area contributed by atoms with Crippen LogP contribution in [0.2, 0.25) is 0 Å². The van der Waals surface area contributed by atoms with Crippen LogP contribution in [0.5, 0.6) is 0 Å². The zero-order valence-electron chi connectivity index (χ0n) is 9.13. The largest absolute Gasteiger partial charge is 0.392 e. The molecule has 86 valence electrons. The second-order valence-corrected chi connectivity index (χ2v) is 5.37. The minimum Gasteiger partial charge on any atom is -0.392 e. The fourth-order valence-corrected chi connectivity index (χ4v) is 3.12. The summed E-state index contributed by atoms with van der Waals surface area (Å²) in [5.74, 6) is 0. The zero-order valence-corrected chi connectivity index (χ0v) is 9.95. The van der Waals surface area contributed by atoms with Crippen LogP contribution in [0.25, 0.3) is 0 Å². The predicted octanol–water partition coefficient (Wildman–Crippen LogP) is 2.86. The number of aliphatic hydroxyl groups is 1. The molecule has 1 aromatic carbocycles. The molecule has 1 aliphatic carbocycles. The second-order valence-electron chi connectivity index (χ2n) is 4.16. The van der Waals surface area contributed by atoms with Gasteiger partial charge in [-0.15, -0.1) is 0 Å². The predicted molar refractivity (Wildman–Crippen MR) is 66.6 cm³/mol. The Morgan fingerprint density at radius 1 is 1.19 bits per heavy atom. The second kappa shape index (κ2) is 5.51. The first-order chi connectivity index (χ1) is 7.77. The van der Waals surface area contributed by atoms with Crippen LogP contribution in [-0.4, -0.2) is 21.6 Å². The first kappa shape index (κ1) is 11.7. The van der Waals surface area contributed by atoms with E-state index >= 15 is 0 Å². The van der Waals surface area contributed by atoms with E-state index in [2.05, 4.69) is 0 Å². The minimum atomic E-state index is -0.314. The Morgan fingerprint density at radius 3 is 2.56 bits per heavy atom. The third-order valence-corrected chi connectivity index (χ3v) is 4.24. The van der Waals surface area contributed by atoms with Crippen molar-refractivity contribution >= 4 is 16.9 Å². The lowest BCUT2D eigenvalue weighted by Gasteiger charge is -2.26. The summed E-state index contributed by atoms with van der Waals surface area (Å²) in [6.45, 7) is 0. The summed E-state index contributed by atoms with van der Waals surface area (Å²) in [5.41, 5.74) is 0.727. The number of benzene rings is 1. The molecule has 2 atom stereocenters. The Hall–Kier alpha value is -0.800. The van der Waals surface area contributed by atoms with Crippen molar-refractivity contribution in [3.05, 3.63) is 35.9 Å². The maximum Gasteiger partial charge on any atom is 0.219 e. The van der Waals surface area contributed by atoms with Crippen LogP contribution in [0.1, 0.15) is 36.0 Å². The summed E-state index contributed by atoms with van der Waals surface area (Å²) < 4.78 is 0. The standard InChI is InChI=1S/C13H16O2S/c14-11-8-4-5-9-12(11)16-13(15)10-6-2-1-3-7-10/h1-3,6-7,11-12,14H,4-5,8-9H2/t11-,12-/m0/s1. The van der Waals surface area contributed by atoms with E-state index < -0.39 is 0 Å². The van der Waals surface area contributed by atoms with Crippen LogP contribution in [-0.2, 0) is 0 Å². The number of thioether (sulfide) groups is 1. The molecule has 0 bridgehead atoms. The summed E-state index contributed by atoms with van der Waals surface area (Å²) in [5, 5.41) is 9.95. The molecule has 1 aliphatic rings. The van der Waals surface area contributed by atoms with Gasteiger partial charge < -0.3 is 5.11 Å². The summed E-state index contributed by atoms with van der Waals surface area (Å²) in [4.78, 5) is 11.9. The van der Waals surface area contributed by atoms with Crippen molar-refractivity contribution in [2.75, 3.05) is 0 Å². The average Bonchev–Trinajstić information content (AvgIpc) is 2.33. The Morgan fingerprint density at radius 2 is 1.88 bits per heavy atom. The van der Waals surface area contributed by atoms with E-state index in [0.717, 1.165) is 31.2 Å². The Labute approximate surface area is 100 Å². The Bertz CT molecular complexity index is 350. The highest BCUT2D eigenvalue weighted by molar-refractivity contribution is 8.14. The molecule has 0 spiro atoms. The lowest BCUT2D eigenvalue weighted by molar-refractivity contribution is 0.107. The van der Waals surface area contributed by atoms with E-state index in [1.165, 1.54) is 11.8 Å². The molecular formula is C13H16O2S. The van der Waals surface area contributed by atoms with Crippen LogP contribution in [0.3, 0.4) is 0 Å². The molecule has 0 aromatic heterocycles. The van der Waals surface area contributed by atoms with Gasteiger partial charge in [0, 0.05) is 10.8 Å². The summed E-state index contributed by atoms with van der Waals surface area (Å²) >= 11 is 1.29. The summed E-state index contributed by atoms with van der Waals surface area (Å²) in [7, 11) is 0. The number of aliphatic hydroxyl groups excluding tert-OH is 1. The molecular weight excluding hydrogens is 220 g/mol. The molecule has 1 saturated carbocycles. The molecule has 1 N–H and O–H groups in total. The summed E-state index contributed by atoms with van der Waals surface area (Å²) in [6, 6.07) is 9.28. The fourth-order valence-electron chi connectivity index (χ4n) is 1.99. The van der Waals surface area contributed by atoms with Gasteiger partial charge >= 0.3 is 0 Å². The lowest BCUT2D eigenvalue weighted by atomic mass is 9.97. The molecule has 1 fully saturated rings. The third kappa shape index (κ3) is 2.86. The van der Waals surface area contributed by atoms with Gasteiger partial charge in [0.1, 0.15) is 0 Å². The van der Waals surface area contributed by atoms with Crippen molar-refractivity contribution in [3.8, 4) is 0 Å². The molecule has 0 amide bonds. The monoisotopic (exact) mass is 236 g/mol. The first-order valence-corrected chi connectivity index (χ1v) is 6.59. The van der Waals surface area contributed by atoms with E-state index in [1.807, 2.05) is 30.3 Å². The van der Waals surface area contributed by atoms with Crippen LogP contribution < -0.4 is 0 Å². The van der Waals surface area contributed by atoms with Gasteiger partial charge in [0.2, 0.25) is 5.12 Å². The quantitative estimate of drug-likeness (QED) is 0.858. The van der Waals surface area contributed by atoms with Crippen LogP contribution in [0.4, 0.5) is 0 Å². The summed E-state index contributed by atoms with van der Waals surface area (Å²) in [6.07, 6.45) is 3.67. The fraction of sp³-hybridized carbons (Fsp3) is 0.462. The maximum atomic E-state index is 11.9.